The van der Waals surface area contributed by atoms with Crippen molar-refractivity contribution in [3.63, 3.8) is 0 Å². The lowest BCUT2D eigenvalue weighted by Crippen LogP contribution is -2.59. The molecule has 1 aromatic heterocycles. The minimum absolute atomic E-state index is 0.0272. The quantitative estimate of drug-likeness (QED) is 0.727. The molecule has 15 heavy (non-hydrogen) atoms. The number of furan rings is 1. The maximum atomic E-state index is 11.8. The van der Waals surface area contributed by atoms with Crippen molar-refractivity contribution >= 4 is 5.91 Å². The van der Waals surface area contributed by atoms with Crippen molar-refractivity contribution in [2.24, 2.45) is 0 Å². The summed E-state index contributed by atoms with van der Waals surface area (Å²) in [5.41, 5.74) is -0.185. The summed E-state index contributed by atoms with van der Waals surface area (Å²) in [6.45, 7) is 6.58. The smallest absolute Gasteiger partial charge is 0.245 e. The average molecular weight is 208 g/mol. The van der Waals surface area contributed by atoms with Gasteiger partial charge in [0.25, 0.3) is 0 Å². The third-order valence-electron chi connectivity index (χ3n) is 2.52. The summed E-state index contributed by atoms with van der Waals surface area (Å²) >= 11 is 0. The van der Waals surface area contributed by atoms with E-state index >= 15 is 0 Å². The van der Waals surface area contributed by atoms with Gasteiger partial charge < -0.3 is 9.73 Å². The van der Waals surface area contributed by atoms with Gasteiger partial charge >= 0.3 is 0 Å². The van der Waals surface area contributed by atoms with Gasteiger partial charge in [-0.3, -0.25) is 10.1 Å². The highest BCUT2D eigenvalue weighted by atomic mass is 16.3. The highest BCUT2D eigenvalue weighted by Gasteiger charge is 2.34. The minimum atomic E-state index is -0.355. The third kappa shape index (κ3) is 2.04. The van der Waals surface area contributed by atoms with Crippen LogP contribution in [0, 0.1) is 6.92 Å². The molecule has 0 aliphatic carbocycles. The SMILES string of the molecule is Cc1ccc(C2NCC(C)(C)NC2=O)o1. The van der Waals surface area contributed by atoms with Gasteiger partial charge in [-0.15, -0.1) is 0 Å². The second-order valence-corrected chi connectivity index (χ2v) is 4.64. The van der Waals surface area contributed by atoms with Crippen LogP contribution in [0.3, 0.4) is 0 Å². The maximum Gasteiger partial charge on any atom is 0.245 e. The van der Waals surface area contributed by atoms with Crippen LogP contribution in [-0.4, -0.2) is 18.0 Å². The number of nitrogens with one attached hydrogen (secondary N) is 2. The van der Waals surface area contributed by atoms with Gasteiger partial charge in [-0.1, -0.05) is 0 Å². The monoisotopic (exact) mass is 208 g/mol. The van der Waals surface area contributed by atoms with E-state index in [2.05, 4.69) is 10.6 Å². The molecular formula is C11H16N2O2. The number of rotatable bonds is 1. The molecule has 82 valence electrons. The van der Waals surface area contributed by atoms with E-state index in [0.29, 0.717) is 5.76 Å². The van der Waals surface area contributed by atoms with E-state index in [1.807, 2.05) is 32.9 Å². The van der Waals surface area contributed by atoms with Crippen LogP contribution in [0.15, 0.2) is 16.5 Å². The zero-order valence-corrected chi connectivity index (χ0v) is 9.26. The molecule has 0 bridgehead atoms. The molecule has 1 saturated heterocycles. The average Bonchev–Trinajstić information content (AvgIpc) is 2.50. The summed E-state index contributed by atoms with van der Waals surface area (Å²) in [5, 5.41) is 6.13. The third-order valence-corrected chi connectivity index (χ3v) is 2.52. The van der Waals surface area contributed by atoms with Crippen LogP contribution in [0.5, 0.6) is 0 Å². The lowest BCUT2D eigenvalue weighted by Gasteiger charge is -2.35. The number of piperazine rings is 1. The largest absolute Gasteiger partial charge is 0.464 e. The van der Waals surface area contributed by atoms with E-state index in [0.717, 1.165) is 12.3 Å². The normalized spacial score (nSPS) is 25.0. The van der Waals surface area contributed by atoms with Gasteiger partial charge in [-0.05, 0) is 32.9 Å². The molecule has 4 nitrogen and oxygen atoms in total. The molecule has 1 aliphatic rings. The fourth-order valence-corrected chi connectivity index (χ4v) is 1.74. The number of aryl methyl sites for hydroxylation is 1. The van der Waals surface area contributed by atoms with E-state index in [9.17, 15) is 4.79 Å². The summed E-state index contributed by atoms with van der Waals surface area (Å²) in [4.78, 5) is 11.8. The number of carbonyl (C=O) groups is 1. The van der Waals surface area contributed by atoms with Gasteiger partial charge in [0.2, 0.25) is 5.91 Å². The number of hydrogen-bond acceptors (Lipinski definition) is 3. The molecule has 1 fully saturated rings. The van der Waals surface area contributed by atoms with E-state index in [1.54, 1.807) is 0 Å². The minimum Gasteiger partial charge on any atom is -0.464 e. The Kier molecular flexibility index (Phi) is 2.31. The fraction of sp³-hybridized carbons (Fsp3) is 0.545. The van der Waals surface area contributed by atoms with Crippen LogP contribution < -0.4 is 10.6 Å². The molecule has 0 saturated carbocycles. The van der Waals surface area contributed by atoms with Crippen molar-refractivity contribution < 1.29 is 9.21 Å². The van der Waals surface area contributed by atoms with Crippen molar-refractivity contribution in [1.82, 2.24) is 10.6 Å². The first-order valence-corrected chi connectivity index (χ1v) is 5.10. The first-order valence-electron chi connectivity index (χ1n) is 5.10. The molecular weight excluding hydrogens is 192 g/mol. The summed E-state index contributed by atoms with van der Waals surface area (Å²) in [7, 11) is 0. The highest BCUT2D eigenvalue weighted by Crippen LogP contribution is 2.21. The van der Waals surface area contributed by atoms with Crippen molar-refractivity contribution in [3.05, 3.63) is 23.7 Å². The Labute approximate surface area is 89.0 Å². The Morgan fingerprint density at radius 1 is 1.47 bits per heavy atom. The molecule has 0 radical (unpaired) electrons. The zero-order chi connectivity index (χ0) is 11.1. The second-order valence-electron chi connectivity index (χ2n) is 4.64. The van der Waals surface area contributed by atoms with E-state index < -0.39 is 0 Å². The van der Waals surface area contributed by atoms with Crippen LogP contribution in [0.4, 0.5) is 0 Å². The maximum absolute atomic E-state index is 11.8. The van der Waals surface area contributed by atoms with Crippen LogP contribution in [0.2, 0.25) is 0 Å². The van der Waals surface area contributed by atoms with E-state index in [4.69, 9.17) is 4.42 Å². The van der Waals surface area contributed by atoms with Gasteiger partial charge in [-0.25, -0.2) is 0 Å². The molecule has 0 aromatic carbocycles. The van der Waals surface area contributed by atoms with Crippen LogP contribution in [0.25, 0.3) is 0 Å². The zero-order valence-electron chi connectivity index (χ0n) is 9.26. The van der Waals surface area contributed by atoms with Crippen LogP contribution >= 0.6 is 0 Å². The van der Waals surface area contributed by atoms with Gasteiger partial charge in [0, 0.05) is 12.1 Å². The molecule has 2 rings (SSSR count). The predicted molar refractivity (Wildman–Crippen MR) is 56.4 cm³/mol. The molecule has 1 unspecified atom stereocenters. The van der Waals surface area contributed by atoms with Crippen molar-refractivity contribution in [2.45, 2.75) is 32.4 Å². The van der Waals surface area contributed by atoms with Crippen LogP contribution in [0.1, 0.15) is 31.4 Å². The standard InChI is InChI=1S/C11H16N2O2/c1-7-4-5-8(15-7)9-10(14)13-11(2,3)6-12-9/h4-5,9,12H,6H2,1-3H3,(H,13,14). The Bertz CT molecular complexity index is 382. The Morgan fingerprint density at radius 3 is 2.73 bits per heavy atom. The molecule has 2 heterocycles. The Balaban J connectivity index is 2.16. The van der Waals surface area contributed by atoms with Gasteiger partial charge in [0.05, 0.1) is 0 Å². The van der Waals surface area contributed by atoms with Crippen molar-refractivity contribution in [3.8, 4) is 0 Å². The Morgan fingerprint density at radius 2 is 2.20 bits per heavy atom. The molecule has 2 N–H and O–H groups in total. The fourth-order valence-electron chi connectivity index (χ4n) is 1.74. The topological polar surface area (TPSA) is 54.3 Å². The van der Waals surface area contributed by atoms with Gasteiger partial charge in [0.15, 0.2) is 0 Å². The molecule has 1 atom stereocenters. The van der Waals surface area contributed by atoms with Crippen LogP contribution in [-0.2, 0) is 4.79 Å². The van der Waals surface area contributed by atoms with Crippen molar-refractivity contribution in [1.29, 1.82) is 0 Å². The second kappa shape index (κ2) is 3.38. The molecule has 1 aromatic rings. The predicted octanol–water partition coefficient (Wildman–Crippen LogP) is 1.13. The highest BCUT2D eigenvalue weighted by molar-refractivity contribution is 5.84. The first-order chi connectivity index (χ1) is 6.98. The van der Waals surface area contributed by atoms with Gasteiger partial charge in [0.1, 0.15) is 17.6 Å². The summed E-state index contributed by atoms with van der Waals surface area (Å²) in [6, 6.07) is 3.35. The number of hydrogen-bond donors (Lipinski definition) is 2. The first kappa shape index (κ1) is 10.2. The molecule has 1 amide bonds. The lowest BCUT2D eigenvalue weighted by atomic mass is 9.99. The Hall–Kier alpha value is -1.29. The molecule has 0 spiro atoms. The molecule has 1 aliphatic heterocycles. The van der Waals surface area contributed by atoms with Crippen molar-refractivity contribution in [2.75, 3.05) is 6.54 Å². The summed E-state index contributed by atoms with van der Waals surface area (Å²) < 4.78 is 5.44. The van der Waals surface area contributed by atoms with E-state index in [-0.39, 0.29) is 17.5 Å². The summed E-state index contributed by atoms with van der Waals surface area (Å²) in [5.74, 6) is 1.48. The number of carbonyl (C=O) groups excluding carboxylic acids is 1. The molecule has 4 heteroatoms. The summed E-state index contributed by atoms with van der Waals surface area (Å²) in [6.07, 6.45) is 0. The van der Waals surface area contributed by atoms with E-state index in [1.165, 1.54) is 0 Å². The lowest BCUT2D eigenvalue weighted by molar-refractivity contribution is -0.127. The van der Waals surface area contributed by atoms with Gasteiger partial charge in [-0.2, -0.15) is 0 Å². The number of amides is 1.